The van der Waals surface area contributed by atoms with Crippen molar-refractivity contribution in [3.8, 4) is 0 Å². The van der Waals surface area contributed by atoms with Gasteiger partial charge < -0.3 is 10.1 Å². The molecule has 0 amide bonds. The maximum absolute atomic E-state index is 13.0. The van der Waals surface area contributed by atoms with Crippen LogP contribution >= 0.6 is 11.5 Å². The number of carbonyl (C=O) groups is 1. The average molecular weight is 349 g/mol. The summed E-state index contributed by atoms with van der Waals surface area (Å²) in [6.45, 7) is 6.83. The molecule has 0 aliphatic carbocycles. The van der Waals surface area contributed by atoms with Crippen LogP contribution in [0.3, 0.4) is 0 Å². The van der Waals surface area contributed by atoms with Gasteiger partial charge in [-0.2, -0.15) is 9.36 Å². The number of nitrogens with zero attached hydrogens (tertiary/aromatic N) is 2. The first kappa shape index (κ1) is 18.1. The number of esters is 1. The van der Waals surface area contributed by atoms with E-state index in [4.69, 9.17) is 4.74 Å². The van der Waals surface area contributed by atoms with Gasteiger partial charge in [0.1, 0.15) is 5.82 Å². The summed E-state index contributed by atoms with van der Waals surface area (Å²) in [4.78, 5) is 15.6. The van der Waals surface area contributed by atoms with Gasteiger partial charge in [-0.15, -0.1) is 0 Å². The van der Waals surface area contributed by atoms with Crippen LogP contribution in [0.2, 0.25) is 0 Å². The number of rotatable bonds is 7. The zero-order chi connectivity index (χ0) is 17.6. The van der Waals surface area contributed by atoms with E-state index < -0.39 is 5.97 Å². The molecule has 1 N–H and O–H groups in total. The van der Waals surface area contributed by atoms with Crippen molar-refractivity contribution >= 4 is 28.7 Å². The quantitative estimate of drug-likeness (QED) is 0.611. The van der Waals surface area contributed by atoms with Crippen LogP contribution in [0.1, 0.15) is 32.2 Å². The Hall–Kier alpha value is -2.28. The second-order valence-corrected chi connectivity index (χ2v) is 6.54. The van der Waals surface area contributed by atoms with Crippen molar-refractivity contribution in [3.63, 3.8) is 0 Å². The van der Waals surface area contributed by atoms with E-state index in [0.717, 1.165) is 5.56 Å². The van der Waals surface area contributed by atoms with Gasteiger partial charge >= 0.3 is 5.97 Å². The minimum atomic E-state index is -0.417. The zero-order valence-corrected chi connectivity index (χ0v) is 14.7. The molecular weight excluding hydrogens is 329 g/mol. The van der Waals surface area contributed by atoms with Gasteiger partial charge in [0, 0.05) is 29.6 Å². The standard InChI is InChI=1S/C17H20FN3O2S/c1-4-23-15(22)10-9-14-20-16(24-21-14)19-11-17(2,3)12-5-7-13(18)8-6-12/h5-10H,4,11H2,1-3H3,(H,19,20,21). The average Bonchev–Trinajstić information content (AvgIpc) is 3.00. The van der Waals surface area contributed by atoms with E-state index >= 15 is 0 Å². The lowest BCUT2D eigenvalue weighted by atomic mass is 9.85. The van der Waals surface area contributed by atoms with E-state index in [-0.39, 0.29) is 11.2 Å². The second-order valence-electron chi connectivity index (χ2n) is 5.79. The number of hydrogen-bond acceptors (Lipinski definition) is 6. The molecule has 128 valence electrons. The molecular formula is C17H20FN3O2S. The van der Waals surface area contributed by atoms with Gasteiger partial charge in [-0.25, -0.2) is 9.18 Å². The fraction of sp³-hybridized carbons (Fsp3) is 0.353. The molecule has 24 heavy (non-hydrogen) atoms. The lowest BCUT2D eigenvalue weighted by molar-refractivity contribution is -0.137. The number of halogens is 1. The smallest absolute Gasteiger partial charge is 0.330 e. The predicted molar refractivity (Wildman–Crippen MR) is 93.5 cm³/mol. The summed E-state index contributed by atoms with van der Waals surface area (Å²) in [7, 11) is 0. The van der Waals surface area contributed by atoms with E-state index in [1.807, 2.05) is 0 Å². The number of ether oxygens (including phenoxy) is 1. The fourth-order valence-corrected chi connectivity index (χ4v) is 2.56. The highest BCUT2D eigenvalue weighted by Gasteiger charge is 2.21. The summed E-state index contributed by atoms with van der Waals surface area (Å²) in [6.07, 6.45) is 2.82. The van der Waals surface area contributed by atoms with Gasteiger partial charge in [-0.3, -0.25) is 0 Å². The van der Waals surface area contributed by atoms with Crippen molar-refractivity contribution in [3.05, 3.63) is 47.5 Å². The number of benzene rings is 1. The van der Waals surface area contributed by atoms with Crippen LogP contribution in [0, 0.1) is 5.82 Å². The Bertz CT molecular complexity index is 711. The summed E-state index contributed by atoms with van der Waals surface area (Å²) in [5.74, 6) is -0.209. The molecule has 0 atom stereocenters. The molecule has 1 aromatic carbocycles. The molecule has 2 aromatic rings. The molecule has 0 aliphatic rings. The summed E-state index contributed by atoms with van der Waals surface area (Å²) < 4.78 is 22.0. The van der Waals surface area contributed by atoms with Gasteiger partial charge in [-0.1, -0.05) is 26.0 Å². The maximum Gasteiger partial charge on any atom is 0.330 e. The number of aromatic nitrogens is 2. The highest BCUT2D eigenvalue weighted by Crippen LogP contribution is 2.24. The van der Waals surface area contributed by atoms with Gasteiger partial charge in [-0.05, 0) is 30.7 Å². The predicted octanol–water partition coefficient (Wildman–Crippen LogP) is 3.64. The lowest BCUT2D eigenvalue weighted by Gasteiger charge is -2.25. The molecule has 1 aromatic heterocycles. The summed E-state index contributed by atoms with van der Waals surface area (Å²) in [5, 5.41) is 3.89. The third kappa shape index (κ3) is 5.13. The Labute approximate surface area is 144 Å². The van der Waals surface area contributed by atoms with Crippen LogP contribution in [-0.4, -0.2) is 28.5 Å². The van der Waals surface area contributed by atoms with E-state index in [0.29, 0.717) is 24.1 Å². The van der Waals surface area contributed by atoms with Crippen molar-refractivity contribution < 1.29 is 13.9 Å². The van der Waals surface area contributed by atoms with E-state index in [9.17, 15) is 9.18 Å². The van der Waals surface area contributed by atoms with Gasteiger partial charge in [0.05, 0.1) is 6.61 Å². The Balaban J connectivity index is 1.94. The number of carbonyl (C=O) groups excluding carboxylic acids is 1. The first-order chi connectivity index (χ1) is 11.4. The Morgan fingerprint density at radius 2 is 2.08 bits per heavy atom. The zero-order valence-electron chi connectivity index (χ0n) is 13.9. The van der Waals surface area contributed by atoms with E-state index in [2.05, 4.69) is 28.5 Å². The molecule has 0 fully saturated rings. The van der Waals surface area contributed by atoms with Crippen LogP contribution in [-0.2, 0) is 14.9 Å². The Kier molecular flexibility index (Phi) is 6.03. The first-order valence-electron chi connectivity index (χ1n) is 7.59. The van der Waals surface area contributed by atoms with Crippen molar-refractivity contribution in [2.24, 2.45) is 0 Å². The van der Waals surface area contributed by atoms with Crippen molar-refractivity contribution in [2.45, 2.75) is 26.2 Å². The third-order valence-electron chi connectivity index (χ3n) is 3.40. The van der Waals surface area contributed by atoms with Crippen molar-refractivity contribution in [1.82, 2.24) is 9.36 Å². The highest BCUT2D eigenvalue weighted by atomic mass is 32.1. The largest absolute Gasteiger partial charge is 0.463 e. The van der Waals surface area contributed by atoms with E-state index in [1.165, 1.54) is 35.8 Å². The van der Waals surface area contributed by atoms with Crippen molar-refractivity contribution in [2.75, 3.05) is 18.5 Å². The lowest BCUT2D eigenvalue weighted by Crippen LogP contribution is -2.27. The molecule has 1 heterocycles. The minimum absolute atomic E-state index is 0.194. The normalized spacial score (nSPS) is 11.7. The molecule has 2 rings (SSSR count). The molecule has 0 saturated heterocycles. The van der Waals surface area contributed by atoms with Crippen LogP contribution in [0.5, 0.6) is 0 Å². The third-order valence-corrected chi connectivity index (χ3v) is 4.09. The number of anilines is 1. The summed E-state index contributed by atoms with van der Waals surface area (Å²) >= 11 is 1.22. The van der Waals surface area contributed by atoms with Crippen LogP contribution in [0.15, 0.2) is 30.3 Å². The topological polar surface area (TPSA) is 64.1 Å². The maximum atomic E-state index is 13.0. The monoisotopic (exact) mass is 349 g/mol. The summed E-state index contributed by atoms with van der Waals surface area (Å²) in [6, 6.07) is 6.48. The van der Waals surface area contributed by atoms with E-state index in [1.54, 1.807) is 19.1 Å². The van der Waals surface area contributed by atoms with Gasteiger partial charge in [0.15, 0.2) is 5.82 Å². The molecule has 0 aliphatic heterocycles. The first-order valence-corrected chi connectivity index (χ1v) is 8.36. The second kappa shape index (κ2) is 8.01. The van der Waals surface area contributed by atoms with Gasteiger partial charge in [0.2, 0.25) is 5.13 Å². The molecule has 0 saturated carbocycles. The van der Waals surface area contributed by atoms with Crippen LogP contribution in [0.4, 0.5) is 9.52 Å². The van der Waals surface area contributed by atoms with Gasteiger partial charge in [0.25, 0.3) is 0 Å². The van der Waals surface area contributed by atoms with Crippen LogP contribution < -0.4 is 5.32 Å². The fourth-order valence-electron chi connectivity index (χ4n) is 2.01. The van der Waals surface area contributed by atoms with Crippen molar-refractivity contribution in [1.29, 1.82) is 0 Å². The van der Waals surface area contributed by atoms with Crippen LogP contribution in [0.25, 0.3) is 6.08 Å². The number of nitrogens with one attached hydrogen (secondary N) is 1. The number of hydrogen-bond donors (Lipinski definition) is 1. The molecule has 5 nitrogen and oxygen atoms in total. The molecule has 7 heteroatoms. The molecule has 0 spiro atoms. The SMILES string of the molecule is CCOC(=O)C=Cc1nsc(NCC(C)(C)c2ccc(F)cc2)n1. The summed E-state index contributed by atoms with van der Waals surface area (Å²) in [5.41, 5.74) is 0.837. The Morgan fingerprint density at radius 3 is 2.75 bits per heavy atom. The molecule has 0 bridgehead atoms. The molecule has 0 unspecified atom stereocenters. The molecule has 0 radical (unpaired) electrons. The minimum Gasteiger partial charge on any atom is -0.463 e. The highest BCUT2D eigenvalue weighted by molar-refractivity contribution is 7.09. The Morgan fingerprint density at radius 1 is 1.38 bits per heavy atom.